The zero-order valence-corrected chi connectivity index (χ0v) is 16.4. The molecule has 0 spiro atoms. The van der Waals surface area contributed by atoms with E-state index in [0.29, 0.717) is 17.7 Å². The van der Waals surface area contributed by atoms with Crippen molar-refractivity contribution < 1.29 is 9.59 Å². The summed E-state index contributed by atoms with van der Waals surface area (Å²) in [6, 6.07) is 19.2. The van der Waals surface area contributed by atoms with Crippen LogP contribution in [-0.2, 0) is 11.2 Å². The number of fused-ring (bicyclic) bond motifs is 2. The van der Waals surface area contributed by atoms with Crippen molar-refractivity contribution in [2.75, 3.05) is 11.9 Å². The Labute approximate surface area is 165 Å². The lowest BCUT2D eigenvalue weighted by atomic mass is 10.0. The number of benzene rings is 3. The summed E-state index contributed by atoms with van der Waals surface area (Å²) in [5.41, 5.74) is 2.21. The molecule has 0 saturated heterocycles. The lowest BCUT2D eigenvalue weighted by Crippen LogP contribution is -2.45. The summed E-state index contributed by atoms with van der Waals surface area (Å²) in [5, 5.41) is 5.19. The third-order valence-corrected chi connectivity index (χ3v) is 5.42. The van der Waals surface area contributed by atoms with Gasteiger partial charge in [0.15, 0.2) is 0 Å². The molecule has 130 valence electrons. The second kappa shape index (κ2) is 6.72. The van der Waals surface area contributed by atoms with E-state index in [-0.39, 0.29) is 11.8 Å². The second-order valence-electron chi connectivity index (χ2n) is 6.47. The number of rotatable bonds is 2. The molecule has 4 rings (SSSR count). The minimum Gasteiger partial charge on any atom is -0.340 e. The molecule has 2 amide bonds. The van der Waals surface area contributed by atoms with Crippen LogP contribution in [0.4, 0.5) is 5.69 Å². The van der Waals surface area contributed by atoms with E-state index >= 15 is 0 Å². The minimum absolute atomic E-state index is 0.105. The van der Waals surface area contributed by atoms with Gasteiger partial charge < -0.3 is 10.2 Å². The molecule has 1 N–H and O–H groups in total. The van der Waals surface area contributed by atoms with Crippen molar-refractivity contribution in [1.29, 1.82) is 0 Å². The number of amides is 2. The van der Waals surface area contributed by atoms with Crippen molar-refractivity contribution in [1.82, 2.24) is 5.32 Å². The van der Waals surface area contributed by atoms with Gasteiger partial charge in [0.2, 0.25) is 5.91 Å². The van der Waals surface area contributed by atoms with E-state index in [1.165, 1.54) is 0 Å². The molecule has 0 aromatic heterocycles. The van der Waals surface area contributed by atoms with Crippen molar-refractivity contribution >= 4 is 50.9 Å². The summed E-state index contributed by atoms with van der Waals surface area (Å²) in [7, 11) is 1.72. The van der Waals surface area contributed by atoms with Crippen LogP contribution < -0.4 is 10.2 Å². The first-order chi connectivity index (χ1) is 12.5. The van der Waals surface area contributed by atoms with Crippen molar-refractivity contribution in [3.05, 3.63) is 75.4 Å². The molecule has 1 aliphatic heterocycles. The third kappa shape index (κ3) is 3.07. The van der Waals surface area contributed by atoms with Gasteiger partial charge in [-0.1, -0.05) is 42.5 Å². The quantitative estimate of drug-likeness (QED) is 0.598. The molecule has 26 heavy (non-hydrogen) atoms. The topological polar surface area (TPSA) is 49.4 Å². The number of hydrogen-bond acceptors (Lipinski definition) is 2. The van der Waals surface area contributed by atoms with Crippen LogP contribution in [0, 0.1) is 3.57 Å². The number of carbonyl (C=O) groups excluding carboxylic acids is 2. The largest absolute Gasteiger partial charge is 0.340 e. The molecule has 1 unspecified atom stereocenters. The van der Waals surface area contributed by atoms with Crippen LogP contribution in [0.15, 0.2) is 60.7 Å². The Morgan fingerprint density at radius 3 is 2.58 bits per heavy atom. The minimum atomic E-state index is -0.585. The van der Waals surface area contributed by atoms with Gasteiger partial charge in [-0.3, -0.25) is 9.59 Å². The Morgan fingerprint density at radius 2 is 1.77 bits per heavy atom. The van der Waals surface area contributed by atoms with Gasteiger partial charge >= 0.3 is 0 Å². The van der Waals surface area contributed by atoms with Crippen molar-refractivity contribution in [3.63, 3.8) is 0 Å². The lowest BCUT2D eigenvalue weighted by molar-refractivity contribution is -0.120. The summed E-state index contributed by atoms with van der Waals surface area (Å²) >= 11 is 2.17. The molecule has 0 bridgehead atoms. The molecule has 4 nitrogen and oxygen atoms in total. The molecule has 1 aliphatic rings. The highest BCUT2D eigenvalue weighted by Gasteiger charge is 2.31. The predicted molar refractivity (Wildman–Crippen MR) is 111 cm³/mol. The summed E-state index contributed by atoms with van der Waals surface area (Å²) in [5.74, 6) is -0.312. The molecule has 3 aromatic rings. The van der Waals surface area contributed by atoms with E-state index < -0.39 is 6.04 Å². The predicted octanol–water partition coefficient (Wildman–Crippen LogP) is 3.76. The van der Waals surface area contributed by atoms with Gasteiger partial charge in [-0.05, 0) is 57.1 Å². The van der Waals surface area contributed by atoms with Crippen LogP contribution in [0.25, 0.3) is 10.8 Å². The van der Waals surface area contributed by atoms with E-state index in [0.717, 1.165) is 19.9 Å². The van der Waals surface area contributed by atoms with Gasteiger partial charge in [0, 0.05) is 17.0 Å². The van der Waals surface area contributed by atoms with Gasteiger partial charge in [-0.25, -0.2) is 0 Å². The van der Waals surface area contributed by atoms with Gasteiger partial charge in [0.1, 0.15) is 6.04 Å². The van der Waals surface area contributed by atoms with E-state index in [4.69, 9.17) is 0 Å². The number of carbonyl (C=O) groups is 2. The van der Waals surface area contributed by atoms with Gasteiger partial charge in [-0.15, -0.1) is 0 Å². The molecular formula is C21H17IN2O2. The molecule has 3 aromatic carbocycles. The molecule has 0 saturated carbocycles. The van der Waals surface area contributed by atoms with Crippen molar-refractivity contribution in [2.45, 2.75) is 12.5 Å². The average molecular weight is 456 g/mol. The van der Waals surface area contributed by atoms with Crippen LogP contribution in [0.1, 0.15) is 15.9 Å². The zero-order chi connectivity index (χ0) is 18.3. The van der Waals surface area contributed by atoms with E-state index in [2.05, 4.69) is 52.2 Å². The Kier molecular flexibility index (Phi) is 4.40. The molecular weight excluding hydrogens is 439 g/mol. The number of anilines is 1. The zero-order valence-electron chi connectivity index (χ0n) is 14.2. The summed E-state index contributed by atoms with van der Waals surface area (Å²) in [4.78, 5) is 27.2. The lowest BCUT2D eigenvalue weighted by Gasteiger charge is -2.21. The van der Waals surface area contributed by atoms with Crippen LogP contribution in [-0.4, -0.2) is 24.9 Å². The summed E-state index contributed by atoms with van der Waals surface area (Å²) in [6.07, 6.45) is 0.463. The molecule has 0 radical (unpaired) electrons. The number of hydrogen-bond donors (Lipinski definition) is 1. The molecule has 0 fully saturated rings. The molecule has 5 heteroatoms. The highest BCUT2D eigenvalue weighted by Crippen LogP contribution is 2.26. The Balaban J connectivity index is 1.66. The fourth-order valence-corrected chi connectivity index (χ4v) is 3.86. The van der Waals surface area contributed by atoms with Crippen molar-refractivity contribution in [2.24, 2.45) is 0 Å². The summed E-state index contributed by atoms with van der Waals surface area (Å²) < 4.78 is 0.963. The Morgan fingerprint density at radius 1 is 1.00 bits per heavy atom. The average Bonchev–Trinajstić information content (AvgIpc) is 2.73. The Hall–Kier alpha value is -2.41. The van der Waals surface area contributed by atoms with Gasteiger partial charge in [0.25, 0.3) is 5.91 Å². The van der Waals surface area contributed by atoms with Gasteiger partial charge in [-0.2, -0.15) is 0 Å². The Bertz CT molecular complexity index is 1030. The van der Waals surface area contributed by atoms with E-state index in [1.54, 1.807) is 11.9 Å². The van der Waals surface area contributed by atoms with Crippen LogP contribution in [0.5, 0.6) is 0 Å². The fourth-order valence-electron chi connectivity index (χ4n) is 3.37. The molecule has 1 heterocycles. The summed E-state index contributed by atoms with van der Waals surface area (Å²) in [6.45, 7) is 0. The number of nitrogens with one attached hydrogen (secondary N) is 1. The number of halogens is 1. The number of likely N-dealkylation sites (N-methyl/N-ethyl adjacent to an activating group) is 1. The fraction of sp³-hybridized carbons (Fsp3) is 0.143. The van der Waals surface area contributed by atoms with Crippen LogP contribution in [0.3, 0.4) is 0 Å². The highest BCUT2D eigenvalue weighted by atomic mass is 127. The normalized spacial score (nSPS) is 17.0. The number of nitrogens with zero attached hydrogens (tertiary/aromatic N) is 1. The molecule has 0 aliphatic carbocycles. The second-order valence-corrected chi connectivity index (χ2v) is 7.72. The third-order valence-electron chi connectivity index (χ3n) is 4.75. The first-order valence-electron chi connectivity index (χ1n) is 8.38. The standard InChI is InChI=1S/C21H17IN2O2/c1-24-19-9-8-16(22)12-17(19)20(25)23-18(21(24)26)11-13-6-7-14-4-2-3-5-15(14)10-13/h2-10,12,18H,11H2,1H3,(H,23,25). The molecule has 1 atom stereocenters. The maximum absolute atomic E-state index is 12.9. The first-order valence-corrected chi connectivity index (χ1v) is 9.46. The maximum atomic E-state index is 12.9. The maximum Gasteiger partial charge on any atom is 0.254 e. The smallest absolute Gasteiger partial charge is 0.254 e. The highest BCUT2D eigenvalue weighted by molar-refractivity contribution is 14.1. The van der Waals surface area contributed by atoms with Gasteiger partial charge in [0.05, 0.1) is 11.3 Å². The van der Waals surface area contributed by atoms with Crippen LogP contribution in [0.2, 0.25) is 0 Å². The van der Waals surface area contributed by atoms with Crippen LogP contribution >= 0.6 is 22.6 Å². The van der Waals surface area contributed by atoms with Crippen molar-refractivity contribution in [3.8, 4) is 0 Å². The SMILES string of the molecule is CN1C(=O)C(Cc2ccc3ccccc3c2)NC(=O)c2cc(I)ccc21. The first kappa shape index (κ1) is 17.0. The van der Waals surface area contributed by atoms with E-state index in [1.807, 2.05) is 36.4 Å². The van der Waals surface area contributed by atoms with E-state index in [9.17, 15) is 9.59 Å². The monoisotopic (exact) mass is 456 g/mol.